The zero-order chi connectivity index (χ0) is 15.2. The van der Waals surface area contributed by atoms with Crippen molar-refractivity contribution in [1.82, 2.24) is 5.43 Å². The van der Waals surface area contributed by atoms with E-state index in [-0.39, 0.29) is 12.5 Å². The van der Waals surface area contributed by atoms with Gasteiger partial charge in [-0.2, -0.15) is 5.10 Å². The van der Waals surface area contributed by atoms with Crippen molar-refractivity contribution in [3.63, 3.8) is 0 Å². The predicted octanol–water partition coefficient (Wildman–Crippen LogP) is 3.58. The van der Waals surface area contributed by atoms with Gasteiger partial charge in [0.05, 0.1) is 12.8 Å². The monoisotopic (exact) mass is 321 g/mol. The van der Waals surface area contributed by atoms with E-state index in [1.807, 2.05) is 44.2 Å². The fourth-order valence-electron chi connectivity index (χ4n) is 1.70. The van der Waals surface area contributed by atoms with Gasteiger partial charge in [-0.25, -0.2) is 5.43 Å². The van der Waals surface area contributed by atoms with Crippen LogP contribution in [0.15, 0.2) is 35.4 Å². The Labute approximate surface area is 132 Å². The van der Waals surface area contributed by atoms with E-state index in [9.17, 15) is 4.79 Å². The Hall–Kier alpha value is -1.85. The Balaban J connectivity index is 1.82. The predicted molar refractivity (Wildman–Crippen MR) is 89.5 cm³/mol. The second-order valence-electron chi connectivity index (χ2n) is 4.51. The van der Waals surface area contributed by atoms with Crippen LogP contribution >= 0.6 is 22.9 Å². The third kappa shape index (κ3) is 4.58. The third-order valence-electron chi connectivity index (χ3n) is 2.85. The number of halogens is 1. The number of amides is 1. The number of nitrogens with zero attached hydrogens (tertiary/aromatic N) is 1. The number of nitrogens with one attached hydrogen (secondary N) is 2. The molecule has 0 spiro atoms. The summed E-state index contributed by atoms with van der Waals surface area (Å²) in [4.78, 5) is 13.9. The average Bonchev–Trinajstić information content (AvgIpc) is 2.86. The van der Waals surface area contributed by atoms with Crippen LogP contribution in [-0.4, -0.2) is 18.7 Å². The van der Waals surface area contributed by atoms with Crippen LogP contribution in [0, 0.1) is 13.8 Å². The van der Waals surface area contributed by atoms with Crippen LogP contribution in [0.1, 0.15) is 15.3 Å². The van der Waals surface area contributed by atoms with Gasteiger partial charge >= 0.3 is 0 Å². The highest BCUT2D eigenvalue weighted by Crippen LogP contribution is 2.22. The molecule has 1 aromatic carbocycles. The molecule has 1 heterocycles. The number of hydrogen-bond donors (Lipinski definition) is 2. The van der Waals surface area contributed by atoms with Gasteiger partial charge in [0.25, 0.3) is 5.91 Å². The highest BCUT2D eigenvalue weighted by molar-refractivity contribution is 7.13. The molecule has 6 heteroatoms. The molecule has 0 unspecified atom stereocenters. The molecule has 1 aromatic heterocycles. The maximum Gasteiger partial charge on any atom is 0.259 e. The molecule has 4 nitrogen and oxygen atoms in total. The molecule has 0 aliphatic rings. The molecule has 2 rings (SSSR count). The molecule has 0 atom stereocenters. The molecular weight excluding hydrogens is 306 g/mol. The molecule has 0 fully saturated rings. The van der Waals surface area contributed by atoms with Crippen LogP contribution in [0.2, 0.25) is 5.02 Å². The van der Waals surface area contributed by atoms with Crippen LogP contribution in [0.5, 0.6) is 0 Å². The largest absolute Gasteiger partial charge is 0.376 e. The minimum atomic E-state index is -0.209. The topological polar surface area (TPSA) is 53.5 Å². The summed E-state index contributed by atoms with van der Waals surface area (Å²) in [6.45, 7) is 4.07. The average molecular weight is 322 g/mol. The first kappa shape index (κ1) is 15.5. The summed E-state index contributed by atoms with van der Waals surface area (Å²) in [6, 6.07) is 9.51. The first-order valence-electron chi connectivity index (χ1n) is 6.43. The Kier molecular flexibility index (Phi) is 5.36. The van der Waals surface area contributed by atoms with Gasteiger partial charge in [0.2, 0.25) is 0 Å². The smallest absolute Gasteiger partial charge is 0.259 e. The van der Waals surface area contributed by atoms with Gasteiger partial charge in [0.1, 0.15) is 0 Å². The van der Waals surface area contributed by atoms with Gasteiger partial charge in [-0.05, 0) is 43.7 Å². The molecule has 21 heavy (non-hydrogen) atoms. The molecule has 0 aliphatic heterocycles. The standard InChI is InChI=1S/C15H16ClN3OS/c1-10-6-7-12(21-10)8-18-19-15(20)9-17-14-5-3-4-13(16)11(14)2/h3-8,17H,9H2,1-2H3,(H,19,20)/b18-8-. The lowest BCUT2D eigenvalue weighted by Gasteiger charge is -2.09. The van der Waals surface area contributed by atoms with Crippen molar-refractivity contribution in [2.24, 2.45) is 5.10 Å². The maximum atomic E-state index is 11.7. The quantitative estimate of drug-likeness (QED) is 0.653. The van der Waals surface area contributed by atoms with E-state index >= 15 is 0 Å². The second-order valence-corrected chi connectivity index (χ2v) is 6.23. The summed E-state index contributed by atoms with van der Waals surface area (Å²) < 4.78 is 0. The number of carbonyl (C=O) groups is 1. The van der Waals surface area contributed by atoms with E-state index in [1.165, 1.54) is 4.88 Å². The van der Waals surface area contributed by atoms with E-state index in [2.05, 4.69) is 15.8 Å². The zero-order valence-corrected chi connectivity index (χ0v) is 13.4. The first-order valence-corrected chi connectivity index (χ1v) is 7.63. The molecule has 0 saturated carbocycles. The Bertz CT molecular complexity index is 667. The Morgan fingerprint density at radius 2 is 2.14 bits per heavy atom. The number of hydrazone groups is 1. The molecule has 2 aromatic rings. The van der Waals surface area contributed by atoms with Gasteiger partial charge in [-0.15, -0.1) is 11.3 Å². The summed E-state index contributed by atoms with van der Waals surface area (Å²) in [7, 11) is 0. The summed E-state index contributed by atoms with van der Waals surface area (Å²) in [5, 5.41) is 7.64. The lowest BCUT2D eigenvalue weighted by atomic mass is 10.2. The minimum Gasteiger partial charge on any atom is -0.376 e. The number of aryl methyl sites for hydroxylation is 1. The minimum absolute atomic E-state index is 0.141. The summed E-state index contributed by atoms with van der Waals surface area (Å²) in [5.74, 6) is -0.209. The van der Waals surface area contributed by atoms with Crippen molar-refractivity contribution in [3.8, 4) is 0 Å². The van der Waals surface area contributed by atoms with Crippen LogP contribution < -0.4 is 10.7 Å². The lowest BCUT2D eigenvalue weighted by Crippen LogP contribution is -2.26. The molecule has 1 amide bonds. The highest BCUT2D eigenvalue weighted by Gasteiger charge is 2.04. The zero-order valence-electron chi connectivity index (χ0n) is 11.8. The van der Waals surface area contributed by atoms with Crippen molar-refractivity contribution < 1.29 is 4.79 Å². The number of hydrogen-bond acceptors (Lipinski definition) is 4. The summed E-state index contributed by atoms with van der Waals surface area (Å²) in [5.41, 5.74) is 4.25. The number of benzene rings is 1. The van der Waals surface area contributed by atoms with E-state index in [0.717, 1.165) is 16.1 Å². The molecule has 2 N–H and O–H groups in total. The normalized spacial score (nSPS) is 10.8. The molecule has 0 radical (unpaired) electrons. The van der Waals surface area contributed by atoms with Gasteiger partial charge in [0.15, 0.2) is 0 Å². The number of rotatable bonds is 5. The number of anilines is 1. The van der Waals surface area contributed by atoms with Crippen LogP contribution in [0.4, 0.5) is 5.69 Å². The first-order chi connectivity index (χ1) is 10.1. The SMILES string of the molecule is Cc1ccc(/C=N\NC(=O)CNc2cccc(Cl)c2C)s1. The number of carbonyl (C=O) groups excluding carboxylic acids is 1. The van der Waals surface area contributed by atoms with E-state index in [4.69, 9.17) is 11.6 Å². The van der Waals surface area contributed by atoms with E-state index in [0.29, 0.717) is 5.02 Å². The fraction of sp³-hybridized carbons (Fsp3) is 0.200. The van der Waals surface area contributed by atoms with Crippen molar-refractivity contribution in [2.75, 3.05) is 11.9 Å². The lowest BCUT2D eigenvalue weighted by molar-refractivity contribution is -0.119. The molecular formula is C15H16ClN3OS. The van der Waals surface area contributed by atoms with Crippen molar-refractivity contribution in [3.05, 3.63) is 50.7 Å². The van der Waals surface area contributed by atoms with E-state index < -0.39 is 0 Å². The van der Waals surface area contributed by atoms with Crippen LogP contribution in [0.3, 0.4) is 0 Å². The van der Waals surface area contributed by atoms with Gasteiger partial charge in [-0.3, -0.25) is 4.79 Å². The van der Waals surface area contributed by atoms with Crippen molar-refractivity contribution in [2.45, 2.75) is 13.8 Å². The third-order valence-corrected chi connectivity index (χ3v) is 4.19. The molecule has 110 valence electrons. The number of thiophene rings is 1. The van der Waals surface area contributed by atoms with Gasteiger partial charge < -0.3 is 5.32 Å². The van der Waals surface area contributed by atoms with E-state index in [1.54, 1.807) is 17.6 Å². The molecule has 0 saturated heterocycles. The summed E-state index contributed by atoms with van der Waals surface area (Å²) >= 11 is 7.64. The Morgan fingerprint density at radius 1 is 1.33 bits per heavy atom. The second kappa shape index (κ2) is 7.24. The van der Waals surface area contributed by atoms with Crippen LogP contribution in [0.25, 0.3) is 0 Å². The fourth-order valence-corrected chi connectivity index (χ4v) is 2.63. The Morgan fingerprint density at radius 3 is 2.86 bits per heavy atom. The molecule has 0 bridgehead atoms. The van der Waals surface area contributed by atoms with Crippen molar-refractivity contribution in [1.29, 1.82) is 0 Å². The summed E-state index contributed by atoms with van der Waals surface area (Å²) in [6.07, 6.45) is 1.64. The van der Waals surface area contributed by atoms with Gasteiger partial charge in [0, 0.05) is 20.5 Å². The molecule has 0 aliphatic carbocycles. The van der Waals surface area contributed by atoms with Crippen molar-refractivity contribution >= 4 is 40.7 Å². The highest BCUT2D eigenvalue weighted by atomic mass is 35.5. The van der Waals surface area contributed by atoms with Crippen LogP contribution in [-0.2, 0) is 4.79 Å². The van der Waals surface area contributed by atoms with Gasteiger partial charge in [-0.1, -0.05) is 17.7 Å². The maximum absolute atomic E-state index is 11.7.